The molecule has 1 aromatic heterocycles. The molecule has 2 aliphatic rings. The maximum absolute atomic E-state index is 13.1. The summed E-state index contributed by atoms with van der Waals surface area (Å²) in [4.78, 5) is 65.8. The quantitative estimate of drug-likeness (QED) is 0.307. The van der Waals surface area contributed by atoms with Gasteiger partial charge in [-0.2, -0.15) is 0 Å². The van der Waals surface area contributed by atoms with Crippen molar-refractivity contribution in [3.05, 3.63) is 39.2 Å². The van der Waals surface area contributed by atoms with Crippen molar-refractivity contribution in [1.29, 1.82) is 0 Å². The monoisotopic (exact) mass is 694 g/mol. The van der Waals surface area contributed by atoms with Gasteiger partial charge in [-0.15, -0.1) is 11.3 Å². The van der Waals surface area contributed by atoms with Crippen molar-refractivity contribution in [1.82, 2.24) is 20.4 Å². The number of hydrogen-bond acceptors (Lipinski definition) is 7. The molecule has 1 unspecified atom stereocenters. The van der Waals surface area contributed by atoms with Crippen LogP contribution in [0.1, 0.15) is 58.4 Å². The molecule has 0 saturated carbocycles. The molecule has 0 aliphatic carbocycles. The van der Waals surface area contributed by atoms with Gasteiger partial charge in [0.05, 0.1) is 27.2 Å². The Labute approximate surface area is 282 Å². The number of halogens is 2. The lowest BCUT2D eigenvalue weighted by Crippen LogP contribution is -2.50. The van der Waals surface area contributed by atoms with Gasteiger partial charge in [0.2, 0.25) is 17.7 Å². The van der Waals surface area contributed by atoms with E-state index < -0.39 is 29.6 Å². The van der Waals surface area contributed by atoms with Crippen LogP contribution in [0, 0.1) is 11.8 Å². The number of carboxylic acids is 1. The molecule has 0 bridgehead atoms. The van der Waals surface area contributed by atoms with Gasteiger partial charge in [0, 0.05) is 50.6 Å². The lowest BCUT2D eigenvalue weighted by Gasteiger charge is -2.33. The number of thiophene rings is 1. The highest BCUT2D eigenvalue weighted by atomic mass is 35.5. The summed E-state index contributed by atoms with van der Waals surface area (Å²) in [6.45, 7) is 6.84. The third-order valence-corrected chi connectivity index (χ3v) is 9.98. The van der Waals surface area contributed by atoms with E-state index in [2.05, 4.69) is 10.6 Å². The van der Waals surface area contributed by atoms with Crippen LogP contribution < -0.4 is 10.6 Å². The smallest absolute Gasteiger partial charge is 0.410 e. The molecule has 2 saturated heterocycles. The molecule has 2 fully saturated rings. The minimum Gasteiger partial charge on any atom is -0.481 e. The predicted octanol–water partition coefficient (Wildman–Crippen LogP) is 5.18. The Morgan fingerprint density at radius 2 is 1.61 bits per heavy atom. The number of amides is 4. The summed E-state index contributed by atoms with van der Waals surface area (Å²) < 4.78 is 6.29. The second kappa shape index (κ2) is 15.5. The van der Waals surface area contributed by atoms with Crippen LogP contribution in [0.3, 0.4) is 0 Å². The lowest BCUT2D eigenvalue weighted by atomic mass is 9.95. The molecule has 0 spiro atoms. The van der Waals surface area contributed by atoms with Gasteiger partial charge >= 0.3 is 12.1 Å². The van der Waals surface area contributed by atoms with Gasteiger partial charge in [0.25, 0.3) is 0 Å². The zero-order valence-electron chi connectivity index (χ0n) is 26.1. The average Bonchev–Trinajstić information content (AvgIpc) is 3.48. The van der Waals surface area contributed by atoms with Crippen LogP contribution in [0.5, 0.6) is 0 Å². The van der Waals surface area contributed by atoms with E-state index in [1.807, 2.05) is 17.5 Å². The second-order valence-electron chi connectivity index (χ2n) is 12.7. The highest BCUT2D eigenvalue weighted by molar-refractivity contribution is 7.18. The van der Waals surface area contributed by atoms with Crippen molar-refractivity contribution in [2.45, 2.75) is 64.5 Å². The van der Waals surface area contributed by atoms with Gasteiger partial charge in [-0.1, -0.05) is 23.2 Å². The number of nitrogens with zero attached hydrogens (tertiary/aromatic N) is 2. The Morgan fingerprint density at radius 1 is 1.00 bits per heavy atom. The van der Waals surface area contributed by atoms with Gasteiger partial charge < -0.3 is 30.3 Å². The fraction of sp³-hybridized carbons (Fsp3) is 0.531. The fourth-order valence-electron chi connectivity index (χ4n) is 5.54. The van der Waals surface area contributed by atoms with E-state index in [1.54, 1.807) is 36.6 Å². The molecular formula is C32H40Cl2N4O7S. The second-order valence-corrected chi connectivity index (χ2v) is 14.3. The van der Waals surface area contributed by atoms with E-state index in [0.717, 1.165) is 10.1 Å². The first-order valence-electron chi connectivity index (χ1n) is 15.3. The normalized spacial score (nSPS) is 17.2. The molecule has 0 radical (unpaired) electrons. The number of carbonyl (C=O) groups excluding carboxylic acids is 4. The van der Waals surface area contributed by atoms with Crippen LogP contribution in [0.2, 0.25) is 10.0 Å². The standard InChI is InChI=1S/C32H40Cl2N4O7S/c1-32(2,3)45-31(44)38-13-8-19(9-14-38)29(42)35-18-23(17-25(40)41)36-30(43)20-6-11-37(12-7-20)24(39)5-4-21-16-22-10-15-46-28(22)27(34)26(21)33/h4-5,10,15-16,19-20,23H,6-9,11-14,17-18H2,1-3H3,(H,35,42)(H,36,43)(H,40,41). The molecule has 11 nitrogen and oxygen atoms in total. The van der Waals surface area contributed by atoms with Crippen LogP contribution in [0.4, 0.5) is 4.79 Å². The minimum atomic E-state index is -1.10. The van der Waals surface area contributed by atoms with Crippen molar-refractivity contribution < 1.29 is 33.8 Å². The molecule has 1 atom stereocenters. The number of aliphatic carboxylic acids is 1. The highest BCUT2D eigenvalue weighted by Crippen LogP contribution is 2.37. The van der Waals surface area contributed by atoms with E-state index in [4.69, 9.17) is 27.9 Å². The molecule has 4 rings (SSSR count). The molecule has 46 heavy (non-hydrogen) atoms. The molecule has 4 amide bonds. The number of ether oxygens (including phenoxy) is 1. The van der Waals surface area contributed by atoms with Gasteiger partial charge in [0.15, 0.2) is 0 Å². The predicted molar refractivity (Wildman–Crippen MR) is 178 cm³/mol. The van der Waals surface area contributed by atoms with Gasteiger partial charge in [0.1, 0.15) is 5.60 Å². The van der Waals surface area contributed by atoms with Gasteiger partial charge in [-0.3, -0.25) is 19.2 Å². The lowest BCUT2D eigenvalue weighted by molar-refractivity contribution is -0.138. The van der Waals surface area contributed by atoms with Crippen LogP contribution in [-0.4, -0.2) is 89.1 Å². The third-order valence-electron chi connectivity index (χ3n) is 8.04. The van der Waals surface area contributed by atoms with Gasteiger partial charge in [-0.25, -0.2) is 4.79 Å². The topological polar surface area (TPSA) is 145 Å². The van der Waals surface area contributed by atoms with Crippen molar-refractivity contribution >= 4 is 80.5 Å². The molecule has 3 N–H and O–H groups in total. The molecule has 250 valence electrons. The number of nitrogens with one attached hydrogen (secondary N) is 2. The Kier molecular flexibility index (Phi) is 12.0. The van der Waals surface area contributed by atoms with Crippen LogP contribution >= 0.6 is 34.5 Å². The number of piperidine rings is 2. The van der Waals surface area contributed by atoms with Crippen molar-refractivity contribution in [2.75, 3.05) is 32.7 Å². The zero-order valence-corrected chi connectivity index (χ0v) is 28.5. The summed E-state index contributed by atoms with van der Waals surface area (Å²) in [5, 5.41) is 18.7. The summed E-state index contributed by atoms with van der Waals surface area (Å²) in [7, 11) is 0. The van der Waals surface area contributed by atoms with Crippen LogP contribution in [-0.2, 0) is 23.9 Å². The first-order chi connectivity index (χ1) is 21.7. The SMILES string of the molecule is CC(C)(C)OC(=O)N1CCC(C(=O)NCC(CC(=O)O)NC(=O)C2CCN(C(=O)C=Cc3cc4ccsc4c(Cl)c3Cl)CC2)CC1. The fourth-order valence-corrected chi connectivity index (χ4v) is 6.98. The van der Waals surface area contributed by atoms with E-state index >= 15 is 0 Å². The number of carboxylic acid groups (broad SMARTS) is 1. The summed E-state index contributed by atoms with van der Waals surface area (Å²) in [6.07, 6.45) is 4.07. The summed E-state index contributed by atoms with van der Waals surface area (Å²) in [5.41, 5.74) is 0.0363. The number of likely N-dealkylation sites (tertiary alicyclic amines) is 2. The minimum absolute atomic E-state index is 0.0327. The number of carbonyl (C=O) groups is 5. The molecule has 2 aliphatic heterocycles. The average molecular weight is 696 g/mol. The van der Waals surface area contributed by atoms with E-state index in [0.29, 0.717) is 67.5 Å². The Balaban J connectivity index is 1.23. The largest absolute Gasteiger partial charge is 0.481 e. The Morgan fingerprint density at radius 3 is 2.22 bits per heavy atom. The van der Waals surface area contributed by atoms with Crippen LogP contribution in [0.15, 0.2) is 23.6 Å². The highest BCUT2D eigenvalue weighted by Gasteiger charge is 2.32. The summed E-state index contributed by atoms with van der Waals surface area (Å²) in [5.74, 6) is -2.59. The number of fused-ring (bicyclic) bond motifs is 1. The maximum Gasteiger partial charge on any atom is 0.410 e. The molecular weight excluding hydrogens is 655 g/mol. The van der Waals surface area contributed by atoms with Crippen LogP contribution in [0.25, 0.3) is 16.2 Å². The molecule has 14 heteroatoms. The molecule has 3 heterocycles. The van der Waals surface area contributed by atoms with Crippen molar-refractivity contribution in [2.24, 2.45) is 11.8 Å². The Hall–Kier alpha value is -3.35. The van der Waals surface area contributed by atoms with E-state index in [1.165, 1.54) is 17.4 Å². The zero-order chi connectivity index (χ0) is 33.6. The Bertz CT molecular complexity index is 1490. The maximum atomic E-state index is 13.1. The van der Waals surface area contributed by atoms with Crippen molar-refractivity contribution in [3.8, 4) is 0 Å². The van der Waals surface area contributed by atoms with Crippen molar-refractivity contribution in [3.63, 3.8) is 0 Å². The third kappa shape index (κ3) is 9.59. The number of benzene rings is 1. The van der Waals surface area contributed by atoms with Gasteiger partial charge in [-0.05, 0) is 81.0 Å². The van der Waals surface area contributed by atoms with E-state index in [-0.39, 0.29) is 36.6 Å². The van der Waals surface area contributed by atoms with E-state index in [9.17, 15) is 29.1 Å². The summed E-state index contributed by atoms with van der Waals surface area (Å²) in [6, 6.07) is 3.02. The number of hydrogen-bond donors (Lipinski definition) is 3. The molecule has 2 aromatic rings. The first-order valence-corrected chi connectivity index (χ1v) is 17.0. The first kappa shape index (κ1) is 35.5. The molecule has 1 aromatic carbocycles. The summed E-state index contributed by atoms with van der Waals surface area (Å²) >= 11 is 14.3. The number of rotatable bonds is 9.